The fraction of sp³-hybridized carbons (Fsp3) is 0.136. The zero-order valence-corrected chi connectivity index (χ0v) is 21.0. The molecule has 0 spiro atoms. The Morgan fingerprint density at radius 2 is 1.64 bits per heavy atom. The van der Waals surface area contributed by atoms with Crippen molar-refractivity contribution in [2.24, 2.45) is 0 Å². The van der Waals surface area contributed by atoms with E-state index in [4.69, 9.17) is 34.8 Å². The van der Waals surface area contributed by atoms with E-state index in [1.54, 1.807) is 42.5 Å². The maximum Gasteiger partial charge on any atom is 0.315 e. The van der Waals surface area contributed by atoms with Crippen LogP contribution in [0.2, 0.25) is 15.1 Å². The number of methoxy groups -OCH3 is 1. The number of nitrogens with one attached hydrogen (secondary N) is 2. The lowest BCUT2D eigenvalue weighted by atomic mass is 10.1. The fourth-order valence-electron chi connectivity index (χ4n) is 2.66. The maximum absolute atomic E-state index is 12.9. The molecule has 172 valence electrons. The van der Waals surface area contributed by atoms with Crippen molar-refractivity contribution in [2.75, 3.05) is 23.5 Å². The molecule has 3 aromatic rings. The summed E-state index contributed by atoms with van der Waals surface area (Å²) < 4.78 is 4.61. The molecular weight excluding hydrogens is 527 g/mol. The van der Waals surface area contributed by atoms with Crippen molar-refractivity contribution in [3.8, 4) is 0 Å². The number of benzene rings is 2. The molecule has 1 aromatic heterocycles. The largest absolute Gasteiger partial charge is 0.468 e. The monoisotopic (exact) mass is 542 g/mol. The summed E-state index contributed by atoms with van der Waals surface area (Å²) in [7, 11) is 1.33. The van der Waals surface area contributed by atoms with Gasteiger partial charge < -0.3 is 15.4 Å². The van der Waals surface area contributed by atoms with Crippen LogP contribution in [0.5, 0.6) is 0 Å². The number of rotatable bonds is 8. The van der Waals surface area contributed by atoms with Gasteiger partial charge in [-0.2, -0.15) is 0 Å². The quantitative estimate of drug-likeness (QED) is 0.312. The molecule has 0 fully saturated rings. The number of thioether (sulfide) groups is 1. The van der Waals surface area contributed by atoms with Crippen LogP contribution in [-0.4, -0.2) is 30.6 Å². The lowest BCUT2D eigenvalue weighted by molar-refractivity contribution is -0.137. The van der Waals surface area contributed by atoms with Crippen LogP contribution in [0.3, 0.4) is 0 Å². The van der Waals surface area contributed by atoms with Crippen LogP contribution < -0.4 is 10.6 Å². The molecule has 0 aliphatic rings. The molecule has 2 N–H and O–H groups in total. The standard InChI is InChI=1S/C22H17Cl3N2O4S2/c1-31-19(28)11-32-10-15-9-17(25)20(33-15)22(30)27-18-7-4-13(24)8-16(18)21(29)26-14-5-2-12(23)3-6-14/h2-9H,10-11H2,1H3,(H,26,29)(H,27,30). The Hall–Kier alpha value is -2.23. The van der Waals surface area contributed by atoms with Crippen LogP contribution in [0.1, 0.15) is 24.9 Å². The Balaban J connectivity index is 1.74. The van der Waals surface area contributed by atoms with E-state index in [-0.39, 0.29) is 28.0 Å². The Morgan fingerprint density at radius 1 is 0.939 bits per heavy atom. The number of esters is 1. The molecule has 33 heavy (non-hydrogen) atoms. The molecule has 0 aliphatic carbocycles. The van der Waals surface area contributed by atoms with Crippen LogP contribution >= 0.6 is 57.9 Å². The number of ether oxygens (including phenoxy) is 1. The second-order valence-corrected chi connectivity index (χ2v) is 9.97. The van der Waals surface area contributed by atoms with E-state index in [2.05, 4.69) is 15.4 Å². The van der Waals surface area contributed by atoms with Crippen molar-refractivity contribution in [1.29, 1.82) is 0 Å². The SMILES string of the molecule is COC(=O)CSCc1cc(Cl)c(C(=O)Nc2ccc(Cl)cc2C(=O)Nc2ccc(Cl)cc2)s1. The minimum Gasteiger partial charge on any atom is -0.468 e. The summed E-state index contributed by atoms with van der Waals surface area (Å²) in [5, 5.41) is 6.65. The lowest BCUT2D eigenvalue weighted by Gasteiger charge is -2.12. The highest BCUT2D eigenvalue weighted by Gasteiger charge is 2.19. The summed E-state index contributed by atoms with van der Waals surface area (Å²) in [6.45, 7) is 0. The van der Waals surface area contributed by atoms with Gasteiger partial charge in [-0.1, -0.05) is 34.8 Å². The summed E-state index contributed by atoms with van der Waals surface area (Å²) in [5.74, 6) is -0.537. The third-order valence-electron chi connectivity index (χ3n) is 4.21. The first-order chi connectivity index (χ1) is 15.8. The molecule has 0 unspecified atom stereocenters. The molecule has 0 saturated heterocycles. The van der Waals surface area contributed by atoms with Gasteiger partial charge in [0.2, 0.25) is 0 Å². The van der Waals surface area contributed by atoms with E-state index >= 15 is 0 Å². The van der Waals surface area contributed by atoms with Gasteiger partial charge >= 0.3 is 5.97 Å². The number of carbonyl (C=O) groups is 3. The van der Waals surface area contributed by atoms with Crippen LogP contribution in [0.15, 0.2) is 48.5 Å². The predicted octanol–water partition coefficient (Wildman–Crippen LogP) is 6.62. The Morgan fingerprint density at radius 3 is 2.33 bits per heavy atom. The molecule has 2 aromatic carbocycles. The molecule has 6 nitrogen and oxygen atoms in total. The van der Waals surface area contributed by atoms with Crippen molar-refractivity contribution in [2.45, 2.75) is 5.75 Å². The normalized spacial score (nSPS) is 10.5. The lowest BCUT2D eigenvalue weighted by Crippen LogP contribution is -2.18. The highest BCUT2D eigenvalue weighted by atomic mass is 35.5. The van der Waals surface area contributed by atoms with E-state index in [0.717, 1.165) is 4.88 Å². The third-order valence-corrected chi connectivity index (χ3v) is 7.38. The number of anilines is 2. The zero-order valence-electron chi connectivity index (χ0n) is 17.1. The molecule has 0 aliphatic heterocycles. The van der Waals surface area contributed by atoms with Crippen molar-refractivity contribution >= 4 is 87.1 Å². The predicted molar refractivity (Wildman–Crippen MR) is 136 cm³/mol. The zero-order chi connectivity index (χ0) is 24.0. The fourth-order valence-corrected chi connectivity index (χ4v) is 5.25. The maximum atomic E-state index is 12.9. The minimum atomic E-state index is -0.461. The molecule has 0 bridgehead atoms. The smallest absolute Gasteiger partial charge is 0.315 e. The van der Waals surface area contributed by atoms with Gasteiger partial charge in [-0.05, 0) is 48.5 Å². The van der Waals surface area contributed by atoms with Crippen molar-refractivity contribution in [3.05, 3.63) is 78.9 Å². The van der Waals surface area contributed by atoms with E-state index in [9.17, 15) is 14.4 Å². The molecular formula is C22H17Cl3N2O4S2. The molecule has 2 amide bonds. The van der Waals surface area contributed by atoms with Gasteiger partial charge in [0.1, 0.15) is 4.88 Å². The number of carbonyl (C=O) groups excluding carboxylic acids is 3. The van der Waals surface area contributed by atoms with Crippen LogP contribution in [0, 0.1) is 0 Å². The summed E-state index contributed by atoms with van der Waals surface area (Å²) in [6.07, 6.45) is 0. The van der Waals surface area contributed by atoms with Crippen molar-refractivity contribution in [3.63, 3.8) is 0 Å². The summed E-state index contributed by atoms with van der Waals surface area (Å²) in [4.78, 5) is 38.1. The average molecular weight is 544 g/mol. The second kappa shape index (κ2) is 11.8. The number of hydrogen-bond acceptors (Lipinski definition) is 6. The Kier molecular flexibility index (Phi) is 9.05. The topological polar surface area (TPSA) is 84.5 Å². The van der Waals surface area contributed by atoms with Crippen molar-refractivity contribution in [1.82, 2.24) is 0 Å². The van der Waals surface area contributed by atoms with Crippen LogP contribution in [-0.2, 0) is 15.3 Å². The molecule has 3 rings (SSSR count). The number of halogens is 3. The van der Waals surface area contributed by atoms with Gasteiger partial charge in [0.25, 0.3) is 11.8 Å². The third kappa shape index (κ3) is 7.12. The molecule has 11 heteroatoms. The van der Waals surface area contributed by atoms with E-state index < -0.39 is 11.8 Å². The summed E-state index contributed by atoms with van der Waals surface area (Å²) in [5.41, 5.74) is 1.01. The summed E-state index contributed by atoms with van der Waals surface area (Å²) >= 11 is 20.8. The van der Waals surface area contributed by atoms with E-state index in [1.165, 1.54) is 36.3 Å². The second-order valence-electron chi connectivity index (χ2n) is 6.56. The molecule has 0 saturated carbocycles. The first-order valence-corrected chi connectivity index (χ1v) is 12.5. The average Bonchev–Trinajstić information content (AvgIpc) is 3.16. The van der Waals surface area contributed by atoms with Gasteiger partial charge in [0.05, 0.1) is 29.1 Å². The molecule has 0 atom stereocenters. The number of hydrogen-bond donors (Lipinski definition) is 2. The van der Waals surface area contributed by atoms with Crippen molar-refractivity contribution < 1.29 is 19.1 Å². The first kappa shape index (κ1) is 25.4. The molecule has 0 radical (unpaired) electrons. The highest BCUT2D eigenvalue weighted by molar-refractivity contribution is 7.99. The van der Waals surface area contributed by atoms with Gasteiger partial charge in [-0.25, -0.2) is 0 Å². The number of amides is 2. The highest BCUT2D eigenvalue weighted by Crippen LogP contribution is 2.31. The van der Waals surface area contributed by atoms with Gasteiger partial charge in [0, 0.05) is 26.4 Å². The number of thiophene rings is 1. The first-order valence-electron chi connectivity index (χ1n) is 9.37. The van der Waals surface area contributed by atoms with E-state index in [0.29, 0.717) is 26.4 Å². The minimum absolute atomic E-state index is 0.187. The van der Waals surface area contributed by atoms with E-state index in [1.807, 2.05) is 0 Å². The Bertz CT molecular complexity index is 1180. The Labute approximate surface area is 213 Å². The van der Waals surface area contributed by atoms with Crippen LogP contribution in [0.25, 0.3) is 0 Å². The van der Waals surface area contributed by atoms with Gasteiger partial charge in [0.15, 0.2) is 0 Å². The molecule has 1 heterocycles. The van der Waals surface area contributed by atoms with Crippen LogP contribution in [0.4, 0.5) is 11.4 Å². The summed E-state index contributed by atoms with van der Waals surface area (Å²) in [6, 6.07) is 12.9. The van der Waals surface area contributed by atoms with Gasteiger partial charge in [-0.3, -0.25) is 14.4 Å². The van der Waals surface area contributed by atoms with Gasteiger partial charge in [-0.15, -0.1) is 23.1 Å².